The molecule has 1 saturated carbocycles. The van der Waals surface area contributed by atoms with Gasteiger partial charge in [0.2, 0.25) is 5.88 Å². The molecule has 100 valence electrons. The van der Waals surface area contributed by atoms with Crippen LogP contribution in [-0.4, -0.2) is 16.1 Å². The molecule has 0 atom stereocenters. The third-order valence-corrected chi connectivity index (χ3v) is 3.35. The first-order valence-electron chi connectivity index (χ1n) is 6.63. The second kappa shape index (κ2) is 5.52. The lowest BCUT2D eigenvalue weighted by Gasteiger charge is -2.17. The number of nitrogen functional groups attached to an aromatic ring is 1. The third kappa shape index (κ3) is 2.72. The first-order valence-corrected chi connectivity index (χ1v) is 6.63. The minimum Gasteiger partial charge on any atom is -0.474 e. The van der Waals surface area contributed by atoms with E-state index in [1.54, 1.807) is 0 Å². The molecule has 0 unspecified atom stereocenters. The van der Waals surface area contributed by atoms with Gasteiger partial charge in [-0.05, 0) is 32.6 Å². The maximum absolute atomic E-state index is 5.99. The molecule has 2 rings (SSSR count). The van der Waals surface area contributed by atoms with Gasteiger partial charge in [0, 0.05) is 5.92 Å². The van der Waals surface area contributed by atoms with Crippen molar-refractivity contribution in [3.8, 4) is 5.88 Å². The summed E-state index contributed by atoms with van der Waals surface area (Å²) in [5, 5.41) is 0. The van der Waals surface area contributed by atoms with Crippen molar-refractivity contribution in [2.75, 3.05) is 5.43 Å². The van der Waals surface area contributed by atoms with Crippen molar-refractivity contribution in [3.05, 3.63) is 11.4 Å². The summed E-state index contributed by atoms with van der Waals surface area (Å²) < 4.78 is 5.99. The van der Waals surface area contributed by atoms with Crippen LogP contribution in [0.5, 0.6) is 5.88 Å². The monoisotopic (exact) mass is 250 g/mol. The number of hydrogen-bond donors (Lipinski definition) is 2. The van der Waals surface area contributed by atoms with E-state index < -0.39 is 0 Å². The zero-order valence-electron chi connectivity index (χ0n) is 11.4. The summed E-state index contributed by atoms with van der Waals surface area (Å²) in [6, 6.07) is 0. The zero-order chi connectivity index (χ0) is 13.1. The number of ether oxygens (including phenoxy) is 1. The second-order valence-electron chi connectivity index (χ2n) is 5.18. The van der Waals surface area contributed by atoms with Gasteiger partial charge in [-0.1, -0.05) is 13.8 Å². The molecule has 3 N–H and O–H groups in total. The fourth-order valence-corrected chi connectivity index (χ4v) is 2.19. The molecule has 1 aliphatic carbocycles. The number of hydrogen-bond acceptors (Lipinski definition) is 5. The van der Waals surface area contributed by atoms with Gasteiger partial charge in [-0.3, -0.25) is 0 Å². The second-order valence-corrected chi connectivity index (χ2v) is 5.18. The van der Waals surface area contributed by atoms with Crippen molar-refractivity contribution in [2.24, 2.45) is 5.84 Å². The SMILES string of the molecule is Cc1c(NN)nc(C(C)C)nc1OC1CCCC1. The molecule has 5 nitrogen and oxygen atoms in total. The van der Waals surface area contributed by atoms with Crippen LogP contribution in [0, 0.1) is 6.92 Å². The van der Waals surface area contributed by atoms with E-state index in [-0.39, 0.29) is 5.92 Å². The summed E-state index contributed by atoms with van der Waals surface area (Å²) in [7, 11) is 0. The molecule has 0 amide bonds. The lowest BCUT2D eigenvalue weighted by molar-refractivity contribution is 0.199. The Hall–Kier alpha value is -1.36. The summed E-state index contributed by atoms with van der Waals surface area (Å²) in [4.78, 5) is 8.91. The predicted octanol–water partition coefficient (Wildman–Crippen LogP) is 2.52. The topological polar surface area (TPSA) is 73.1 Å². The van der Waals surface area contributed by atoms with E-state index in [2.05, 4.69) is 29.2 Å². The van der Waals surface area contributed by atoms with Gasteiger partial charge in [0.15, 0.2) is 0 Å². The van der Waals surface area contributed by atoms with Crippen LogP contribution in [0.1, 0.15) is 56.8 Å². The number of aromatic nitrogens is 2. The van der Waals surface area contributed by atoms with Crippen LogP contribution >= 0.6 is 0 Å². The van der Waals surface area contributed by atoms with Crippen LogP contribution < -0.4 is 16.0 Å². The minimum atomic E-state index is 0.253. The Bertz CT molecular complexity index is 414. The standard InChI is InChI=1S/C13H22N4O/c1-8(2)11-15-12(17-14)9(3)13(16-11)18-10-6-4-5-7-10/h8,10H,4-7,14H2,1-3H3,(H,15,16,17). The molecular weight excluding hydrogens is 228 g/mol. The summed E-state index contributed by atoms with van der Waals surface area (Å²) in [6.07, 6.45) is 5.02. The van der Waals surface area contributed by atoms with Crippen LogP contribution in [-0.2, 0) is 0 Å². The van der Waals surface area contributed by atoms with E-state index in [0.29, 0.717) is 17.8 Å². The predicted molar refractivity (Wildman–Crippen MR) is 71.6 cm³/mol. The Balaban J connectivity index is 2.28. The summed E-state index contributed by atoms with van der Waals surface area (Å²) in [5.41, 5.74) is 3.51. The van der Waals surface area contributed by atoms with E-state index >= 15 is 0 Å². The van der Waals surface area contributed by atoms with Crippen LogP contribution in [0.2, 0.25) is 0 Å². The number of nitrogens with zero attached hydrogens (tertiary/aromatic N) is 2. The largest absolute Gasteiger partial charge is 0.474 e. The first-order chi connectivity index (χ1) is 8.61. The highest BCUT2D eigenvalue weighted by Crippen LogP contribution is 2.28. The molecular formula is C13H22N4O. The Kier molecular flexibility index (Phi) is 4.01. The number of anilines is 1. The molecule has 1 fully saturated rings. The molecule has 1 heterocycles. The maximum atomic E-state index is 5.99. The summed E-state index contributed by atoms with van der Waals surface area (Å²) in [5.74, 6) is 7.85. The molecule has 1 aromatic heterocycles. The van der Waals surface area contributed by atoms with Crippen molar-refractivity contribution < 1.29 is 4.74 Å². The first kappa shape index (κ1) is 13.1. The van der Waals surface area contributed by atoms with Crippen LogP contribution in [0.3, 0.4) is 0 Å². The van der Waals surface area contributed by atoms with Crippen molar-refractivity contribution in [1.29, 1.82) is 0 Å². The molecule has 18 heavy (non-hydrogen) atoms. The minimum absolute atomic E-state index is 0.253. The molecule has 0 spiro atoms. The fourth-order valence-electron chi connectivity index (χ4n) is 2.19. The number of rotatable bonds is 4. The van der Waals surface area contributed by atoms with Gasteiger partial charge in [0.1, 0.15) is 17.7 Å². The van der Waals surface area contributed by atoms with Gasteiger partial charge < -0.3 is 10.2 Å². The number of hydrazine groups is 1. The molecule has 0 aromatic carbocycles. The van der Waals surface area contributed by atoms with Crippen molar-refractivity contribution in [1.82, 2.24) is 9.97 Å². The summed E-state index contributed by atoms with van der Waals surface area (Å²) in [6.45, 7) is 6.05. The molecule has 5 heteroatoms. The lowest BCUT2D eigenvalue weighted by atomic mass is 10.2. The van der Waals surface area contributed by atoms with E-state index in [1.165, 1.54) is 12.8 Å². The van der Waals surface area contributed by atoms with Gasteiger partial charge in [-0.25, -0.2) is 10.8 Å². The van der Waals surface area contributed by atoms with E-state index in [1.807, 2.05) is 6.92 Å². The van der Waals surface area contributed by atoms with Crippen molar-refractivity contribution in [2.45, 2.75) is 58.5 Å². The molecule has 0 radical (unpaired) electrons. The van der Waals surface area contributed by atoms with E-state index in [4.69, 9.17) is 10.6 Å². The fraction of sp³-hybridized carbons (Fsp3) is 0.692. The average molecular weight is 250 g/mol. The average Bonchev–Trinajstić information content (AvgIpc) is 2.84. The smallest absolute Gasteiger partial charge is 0.222 e. The maximum Gasteiger partial charge on any atom is 0.222 e. The van der Waals surface area contributed by atoms with Crippen molar-refractivity contribution >= 4 is 5.82 Å². The molecule has 0 saturated heterocycles. The van der Waals surface area contributed by atoms with Gasteiger partial charge >= 0.3 is 0 Å². The van der Waals surface area contributed by atoms with Crippen LogP contribution in [0.25, 0.3) is 0 Å². The Morgan fingerprint density at radius 1 is 1.28 bits per heavy atom. The highest BCUT2D eigenvalue weighted by atomic mass is 16.5. The summed E-state index contributed by atoms with van der Waals surface area (Å²) >= 11 is 0. The molecule has 1 aliphatic rings. The van der Waals surface area contributed by atoms with Crippen LogP contribution in [0.15, 0.2) is 0 Å². The van der Waals surface area contributed by atoms with Crippen molar-refractivity contribution in [3.63, 3.8) is 0 Å². The lowest BCUT2D eigenvalue weighted by Crippen LogP contribution is -2.17. The normalized spacial score (nSPS) is 16.3. The van der Waals surface area contributed by atoms with Crippen LogP contribution in [0.4, 0.5) is 5.82 Å². The Morgan fingerprint density at radius 2 is 1.94 bits per heavy atom. The zero-order valence-corrected chi connectivity index (χ0v) is 11.4. The quantitative estimate of drug-likeness (QED) is 0.634. The number of nitrogens with two attached hydrogens (primary N) is 1. The highest BCUT2D eigenvalue weighted by molar-refractivity contribution is 5.47. The Morgan fingerprint density at radius 3 is 2.50 bits per heavy atom. The molecule has 0 aliphatic heterocycles. The molecule has 0 bridgehead atoms. The van der Waals surface area contributed by atoms with Gasteiger partial charge in [-0.15, -0.1) is 0 Å². The third-order valence-electron chi connectivity index (χ3n) is 3.35. The molecule has 1 aromatic rings. The van der Waals surface area contributed by atoms with Gasteiger partial charge in [0.05, 0.1) is 5.56 Å². The van der Waals surface area contributed by atoms with E-state index in [9.17, 15) is 0 Å². The number of nitrogens with one attached hydrogen (secondary N) is 1. The van der Waals surface area contributed by atoms with Gasteiger partial charge in [0.25, 0.3) is 0 Å². The highest BCUT2D eigenvalue weighted by Gasteiger charge is 2.20. The van der Waals surface area contributed by atoms with E-state index in [0.717, 1.165) is 24.2 Å². The van der Waals surface area contributed by atoms with Gasteiger partial charge in [-0.2, -0.15) is 4.98 Å². The Labute approximate surface area is 108 Å².